The molecule has 0 bridgehead atoms. The Morgan fingerprint density at radius 1 is 1.48 bits per heavy atom. The number of nitrogens with one attached hydrogen (secondary N) is 1. The van der Waals surface area contributed by atoms with Crippen LogP contribution in [0.15, 0.2) is 17.5 Å². The van der Waals surface area contributed by atoms with Gasteiger partial charge >= 0.3 is 0 Å². The summed E-state index contributed by atoms with van der Waals surface area (Å²) in [4.78, 5) is 16.0. The first kappa shape index (κ1) is 15.0. The molecule has 5 nitrogen and oxygen atoms in total. The molecule has 1 aromatic rings. The van der Waals surface area contributed by atoms with Crippen LogP contribution < -0.4 is 11.1 Å². The highest BCUT2D eigenvalue weighted by molar-refractivity contribution is 7.10. The van der Waals surface area contributed by atoms with Gasteiger partial charge in [0, 0.05) is 31.1 Å². The summed E-state index contributed by atoms with van der Waals surface area (Å²) in [6.07, 6.45) is 1.85. The van der Waals surface area contributed by atoms with E-state index in [-0.39, 0.29) is 17.4 Å². The number of nitrogens with zero attached hydrogens (tertiary/aromatic N) is 1. The fourth-order valence-electron chi connectivity index (χ4n) is 2.83. The Hall–Kier alpha value is -0.950. The Morgan fingerprint density at radius 3 is 2.81 bits per heavy atom. The molecule has 6 heteroatoms. The zero-order valence-electron chi connectivity index (χ0n) is 12.2. The molecule has 3 N–H and O–H groups in total. The van der Waals surface area contributed by atoms with Crippen LogP contribution in [-0.4, -0.2) is 50.2 Å². The van der Waals surface area contributed by atoms with Crippen molar-refractivity contribution in [3.05, 3.63) is 22.4 Å². The number of morpholine rings is 1. The van der Waals surface area contributed by atoms with Crippen LogP contribution in [0, 0.1) is 5.41 Å². The molecular formula is C15H23N3O2S. The van der Waals surface area contributed by atoms with Crippen molar-refractivity contribution in [3.8, 4) is 0 Å². The molecular weight excluding hydrogens is 286 g/mol. The van der Waals surface area contributed by atoms with Crippen LogP contribution >= 0.6 is 11.3 Å². The van der Waals surface area contributed by atoms with Gasteiger partial charge in [0.25, 0.3) is 0 Å². The van der Waals surface area contributed by atoms with E-state index in [4.69, 9.17) is 10.5 Å². The van der Waals surface area contributed by atoms with Gasteiger partial charge in [-0.1, -0.05) is 6.07 Å². The van der Waals surface area contributed by atoms with Crippen molar-refractivity contribution >= 4 is 17.2 Å². The Kier molecular flexibility index (Phi) is 4.59. The lowest BCUT2D eigenvalue weighted by Crippen LogP contribution is -2.45. The normalized spacial score (nSPS) is 22.7. The smallest absolute Gasteiger partial charge is 0.227 e. The molecule has 1 atom stereocenters. The SMILES string of the molecule is NCC1(C(=O)NCC(c2cccs2)N2CCOCC2)CC1. The third-order valence-corrected chi connectivity index (χ3v) is 5.51. The molecule has 1 aliphatic heterocycles. The molecule has 116 valence electrons. The van der Waals surface area contributed by atoms with Gasteiger partial charge in [0.2, 0.25) is 5.91 Å². The maximum absolute atomic E-state index is 12.3. The average molecular weight is 309 g/mol. The predicted molar refractivity (Wildman–Crippen MR) is 83.2 cm³/mol. The number of carbonyl (C=O) groups excluding carboxylic acids is 1. The van der Waals surface area contributed by atoms with Crippen molar-refractivity contribution in [2.75, 3.05) is 39.4 Å². The lowest BCUT2D eigenvalue weighted by atomic mass is 10.1. The molecule has 0 spiro atoms. The maximum atomic E-state index is 12.3. The summed E-state index contributed by atoms with van der Waals surface area (Å²) < 4.78 is 5.43. The van der Waals surface area contributed by atoms with Crippen LogP contribution in [0.4, 0.5) is 0 Å². The summed E-state index contributed by atoms with van der Waals surface area (Å²) in [7, 11) is 0. The third kappa shape index (κ3) is 3.29. The fraction of sp³-hybridized carbons (Fsp3) is 0.667. The standard InChI is InChI=1S/C15H23N3O2S/c16-11-15(3-4-15)14(19)17-10-12(13-2-1-9-21-13)18-5-7-20-8-6-18/h1-2,9,12H,3-8,10-11,16H2,(H,17,19). The van der Waals surface area contributed by atoms with Gasteiger partial charge in [0.05, 0.1) is 24.7 Å². The van der Waals surface area contributed by atoms with Crippen molar-refractivity contribution in [2.45, 2.75) is 18.9 Å². The third-order valence-electron chi connectivity index (χ3n) is 4.54. The quantitative estimate of drug-likeness (QED) is 0.822. The van der Waals surface area contributed by atoms with E-state index in [1.807, 2.05) is 0 Å². The van der Waals surface area contributed by atoms with Gasteiger partial charge in [0.1, 0.15) is 0 Å². The number of carbonyl (C=O) groups is 1. The highest BCUT2D eigenvalue weighted by Crippen LogP contribution is 2.44. The molecule has 0 aromatic carbocycles. The van der Waals surface area contributed by atoms with E-state index in [9.17, 15) is 4.79 Å². The predicted octanol–water partition coefficient (Wildman–Crippen LogP) is 0.976. The zero-order chi connectivity index (χ0) is 14.7. The van der Waals surface area contributed by atoms with Crippen LogP contribution in [0.1, 0.15) is 23.8 Å². The fourth-order valence-corrected chi connectivity index (χ4v) is 3.69. The maximum Gasteiger partial charge on any atom is 0.227 e. The summed E-state index contributed by atoms with van der Waals surface area (Å²) in [5.41, 5.74) is 5.45. The van der Waals surface area contributed by atoms with Gasteiger partial charge in [-0.05, 0) is 24.3 Å². The van der Waals surface area contributed by atoms with Gasteiger partial charge in [-0.25, -0.2) is 0 Å². The minimum absolute atomic E-state index is 0.125. The second kappa shape index (κ2) is 6.44. The average Bonchev–Trinajstić information content (AvgIpc) is 3.16. The highest BCUT2D eigenvalue weighted by Gasteiger charge is 2.48. The van der Waals surface area contributed by atoms with Gasteiger partial charge < -0.3 is 15.8 Å². The molecule has 2 fully saturated rings. The molecule has 2 heterocycles. The number of rotatable bonds is 6. The summed E-state index contributed by atoms with van der Waals surface area (Å²) in [5.74, 6) is 0.125. The van der Waals surface area contributed by atoms with Crippen LogP contribution in [0.3, 0.4) is 0 Å². The number of ether oxygens (including phenoxy) is 1. The van der Waals surface area contributed by atoms with E-state index in [0.29, 0.717) is 13.1 Å². The number of thiophene rings is 1. The lowest BCUT2D eigenvalue weighted by molar-refractivity contribution is -0.126. The summed E-state index contributed by atoms with van der Waals surface area (Å²) in [6.45, 7) is 4.48. The first-order valence-electron chi connectivity index (χ1n) is 7.59. The number of amides is 1. The van der Waals surface area contributed by atoms with Gasteiger partial charge in [-0.15, -0.1) is 11.3 Å². The van der Waals surface area contributed by atoms with Crippen molar-refractivity contribution in [1.29, 1.82) is 0 Å². The molecule has 3 rings (SSSR count). The Bertz CT molecular complexity index is 467. The van der Waals surface area contributed by atoms with Crippen molar-refractivity contribution in [2.24, 2.45) is 11.1 Å². The Morgan fingerprint density at radius 2 is 2.24 bits per heavy atom. The first-order valence-corrected chi connectivity index (χ1v) is 8.47. The van der Waals surface area contributed by atoms with Crippen LogP contribution in [0.25, 0.3) is 0 Å². The number of hydrogen-bond acceptors (Lipinski definition) is 5. The topological polar surface area (TPSA) is 67.6 Å². The van der Waals surface area contributed by atoms with Crippen LogP contribution in [0.5, 0.6) is 0 Å². The van der Waals surface area contributed by atoms with Crippen molar-refractivity contribution in [3.63, 3.8) is 0 Å². The Balaban J connectivity index is 1.63. The molecule has 1 unspecified atom stereocenters. The van der Waals surface area contributed by atoms with E-state index < -0.39 is 0 Å². The minimum Gasteiger partial charge on any atom is -0.379 e. The highest BCUT2D eigenvalue weighted by atomic mass is 32.1. The lowest BCUT2D eigenvalue weighted by Gasteiger charge is -2.34. The second-order valence-corrected chi connectivity index (χ2v) is 6.85. The molecule has 0 radical (unpaired) electrons. The molecule has 1 aromatic heterocycles. The largest absolute Gasteiger partial charge is 0.379 e. The summed E-state index contributed by atoms with van der Waals surface area (Å²) in [5, 5.41) is 5.22. The van der Waals surface area contributed by atoms with Crippen molar-refractivity contribution in [1.82, 2.24) is 10.2 Å². The van der Waals surface area contributed by atoms with Gasteiger partial charge in [0.15, 0.2) is 0 Å². The number of nitrogens with two attached hydrogens (primary N) is 1. The molecule has 1 saturated carbocycles. The summed E-state index contributed by atoms with van der Waals surface area (Å²) >= 11 is 1.75. The minimum atomic E-state index is -0.273. The van der Waals surface area contributed by atoms with E-state index in [2.05, 4.69) is 27.7 Å². The first-order chi connectivity index (χ1) is 10.2. The molecule has 1 aliphatic carbocycles. The number of hydrogen-bond donors (Lipinski definition) is 2. The van der Waals surface area contributed by atoms with Gasteiger partial charge in [-0.3, -0.25) is 9.69 Å². The summed E-state index contributed by atoms with van der Waals surface area (Å²) in [6, 6.07) is 4.45. The van der Waals surface area contributed by atoms with E-state index in [0.717, 1.165) is 39.1 Å². The second-order valence-electron chi connectivity index (χ2n) is 5.87. The zero-order valence-corrected chi connectivity index (χ0v) is 13.0. The molecule has 1 saturated heterocycles. The Labute approximate surface area is 129 Å². The van der Waals surface area contributed by atoms with E-state index in [1.54, 1.807) is 11.3 Å². The van der Waals surface area contributed by atoms with Crippen LogP contribution in [0.2, 0.25) is 0 Å². The van der Waals surface area contributed by atoms with E-state index in [1.165, 1.54) is 4.88 Å². The van der Waals surface area contributed by atoms with E-state index >= 15 is 0 Å². The molecule has 1 amide bonds. The van der Waals surface area contributed by atoms with Gasteiger partial charge in [-0.2, -0.15) is 0 Å². The van der Waals surface area contributed by atoms with Crippen LogP contribution in [-0.2, 0) is 9.53 Å². The monoisotopic (exact) mass is 309 g/mol. The van der Waals surface area contributed by atoms with Crippen molar-refractivity contribution < 1.29 is 9.53 Å². The molecule has 2 aliphatic rings. The molecule has 21 heavy (non-hydrogen) atoms.